The third kappa shape index (κ3) is 3.46. The molecule has 0 radical (unpaired) electrons. The van der Waals surface area contributed by atoms with Crippen LogP contribution in [0.25, 0.3) is 10.8 Å². The zero-order valence-electron chi connectivity index (χ0n) is 14.2. The fourth-order valence-electron chi connectivity index (χ4n) is 3.23. The van der Waals surface area contributed by atoms with Crippen LogP contribution in [0.1, 0.15) is 29.6 Å². The Balaban J connectivity index is 1.69. The molecule has 1 aliphatic heterocycles. The Hall–Kier alpha value is -3.09. The van der Waals surface area contributed by atoms with Crippen LogP contribution in [0.2, 0.25) is 0 Å². The molecule has 2 amide bonds. The van der Waals surface area contributed by atoms with E-state index in [0.717, 1.165) is 18.2 Å². The third-order valence-corrected chi connectivity index (χ3v) is 4.60. The minimum Gasteiger partial charge on any atom is -0.506 e. The van der Waals surface area contributed by atoms with Crippen molar-refractivity contribution in [2.45, 2.75) is 25.3 Å². The molecule has 0 aliphatic carbocycles. The van der Waals surface area contributed by atoms with Gasteiger partial charge < -0.3 is 20.5 Å². The van der Waals surface area contributed by atoms with Crippen molar-refractivity contribution < 1.29 is 24.2 Å². The van der Waals surface area contributed by atoms with Crippen molar-refractivity contribution >= 4 is 28.6 Å². The largest absolute Gasteiger partial charge is 0.506 e. The third-order valence-electron chi connectivity index (χ3n) is 4.60. The molecule has 0 aromatic heterocycles. The van der Waals surface area contributed by atoms with Crippen LogP contribution in [0.15, 0.2) is 36.4 Å². The summed E-state index contributed by atoms with van der Waals surface area (Å²) in [6.07, 6.45) is 2.11. The molecule has 1 aliphatic rings. The molecule has 2 aromatic carbocycles. The number of piperidine rings is 1. The second kappa shape index (κ2) is 7.43. The number of carbonyl (C=O) groups excluding carboxylic acids is 3. The van der Waals surface area contributed by atoms with Gasteiger partial charge in [0.2, 0.25) is 5.91 Å². The molecule has 0 saturated carbocycles. The second-order valence-electron chi connectivity index (χ2n) is 6.26. The highest BCUT2D eigenvalue weighted by Gasteiger charge is 2.31. The van der Waals surface area contributed by atoms with Gasteiger partial charge in [-0.05, 0) is 30.7 Å². The number of rotatable bonds is 4. The molecular weight excluding hydrogens is 336 g/mol. The molecule has 1 atom stereocenters. The van der Waals surface area contributed by atoms with E-state index in [1.165, 1.54) is 11.0 Å². The summed E-state index contributed by atoms with van der Waals surface area (Å²) < 4.78 is 5.06. The number of fused-ring (bicyclic) bond motifs is 1. The van der Waals surface area contributed by atoms with Crippen molar-refractivity contribution in [3.05, 3.63) is 42.0 Å². The minimum atomic E-state index is -0.797. The Bertz CT molecular complexity index is 864. The first-order chi connectivity index (χ1) is 12.5. The number of phenolic OH excluding ortho intramolecular Hbond substituents is 1. The summed E-state index contributed by atoms with van der Waals surface area (Å²) >= 11 is 0. The van der Waals surface area contributed by atoms with Crippen LogP contribution in [-0.2, 0) is 14.3 Å². The monoisotopic (exact) mass is 356 g/mol. The van der Waals surface area contributed by atoms with Crippen LogP contribution in [0.3, 0.4) is 0 Å². The fraction of sp³-hybridized carbons (Fsp3) is 0.316. The van der Waals surface area contributed by atoms with E-state index >= 15 is 0 Å². The summed E-state index contributed by atoms with van der Waals surface area (Å²) in [6, 6.07) is 9.57. The van der Waals surface area contributed by atoms with E-state index < -0.39 is 30.4 Å². The number of hydrogen-bond acceptors (Lipinski definition) is 5. The van der Waals surface area contributed by atoms with Crippen molar-refractivity contribution in [2.75, 3.05) is 13.2 Å². The number of benzene rings is 2. The number of nitrogens with zero attached hydrogens (tertiary/aromatic N) is 1. The molecule has 2 aromatic rings. The van der Waals surface area contributed by atoms with E-state index in [9.17, 15) is 19.5 Å². The lowest BCUT2D eigenvalue weighted by atomic mass is 10.0. The maximum atomic E-state index is 12.3. The van der Waals surface area contributed by atoms with Gasteiger partial charge in [-0.3, -0.25) is 9.59 Å². The number of phenols is 1. The molecule has 7 heteroatoms. The number of esters is 1. The van der Waals surface area contributed by atoms with Crippen LogP contribution in [-0.4, -0.2) is 47.0 Å². The Labute approximate surface area is 150 Å². The van der Waals surface area contributed by atoms with Crippen LogP contribution in [0.4, 0.5) is 0 Å². The van der Waals surface area contributed by atoms with Gasteiger partial charge in [-0.25, -0.2) is 4.79 Å². The predicted molar refractivity (Wildman–Crippen MR) is 94.4 cm³/mol. The zero-order chi connectivity index (χ0) is 18.7. The Morgan fingerprint density at radius 2 is 1.92 bits per heavy atom. The van der Waals surface area contributed by atoms with Gasteiger partial charge in [-0.15, -0.1) is 0 Å². The molecule has 136 valence electrons. The number of ether oxygens (including phenoxy) is 1. The number of carbonyl (C=O) groups is 3. The van der Waals surface area contributed by atoms with E-state index in [2.05, 4.69) is 0 Å². The Kier molecular flexibility index (Phi) is 5.06. The highest BCUT2D eigenvalue weighted by atomic mass is 16.5. The van der Waals surface area contributed by atoms with Gasteiger partial charge in [0, 0.05) is 11.9 Å². The first-order valence-corrected chi connectivity index (χ1v) is 8.45. The summed E-state index contributed by atoms with van der Waals surface area (Å²) in [5, 5.41) is 11.6. The number of nitrogens with two attached hydrogens (primary N) is 1. The first kappa shape index (κ1) is 17.7. The summed E-state index contributed by atoms with van der Waals surface area (Å²) in [6.45, 7) is -0.0971. The van der Waals surface area contributed by atoms with Crippen LogP contribution in [0, 0.1) is 0 Å². The lowest BCUT2D eigenvalue weighted by Crippen LogP contribution is -2.51. The second-order valence-corrected chi connectivity index (χ2v) is 6.26. The maximum absolute atomic E-state index is 12.3. The SMILES string of the molecule is NC(=O)[C@H]1CCCCN1C(=O)COC(=O)c1ccc2ccccc2c1O. The van der Waals surface area contributed by atoms with Gasteiger partial charge in [0.05, 0.1) is 0 Å². The quantitative estimate of drug-likeness (QED) is 0.808. The summed E-state index contributed by atoms with van der Waals surface area (Å²) in [4.78, 5) is 37.4. The van der Waals surface area contributed by atoms with E-state index in [-0.39, 0.29) is 11.3 Å². The van der Waals surface area contributed by atoms with E-state index in [1.54, 1.807) is 18.2 Å². The van der Waals surface area contributed by atoms with E-state index in [0.29, 0.717) is 18.4 Å². The molecule has 3 N–H and O–H groups in total. The average molecular weight is 356 g/mol. The van der Waals surface area contributed by atoms with Crippen LogP contribution in [0.5, 0.6) is 5.75 Å². The summed E-state index contributed by atoms with van der Waals surface area (Å²) in [7, 11) is 0. The van der Waals surface area contributed by atoms with Crippen LogP contribution < -0.4 is 5.73 Å². The van der Waals surface area contributed by atoms with Crippen molar-refractivity contribution in [1.29, 1.82) is 0 Å². The fourth-order valence-corrected chi connectivity index (χ4v) is 3.23. The molecule has 1 saturated heterocycles. The first-order valence-electron chi connectivity index (χ1n) is 8.45. The standard InChI is InChI=1S/C19H20N2O5/c20-18(24)15-7-3-4-10-21(15)16(22)11-26-19(25)14-9-8-12-5-1-2-6-13(12)17(14)23/h1-2,5-6,8-9,15,23H,3-4,7,10-11H2,(H2,20,24)/t15-/m1/s1. The topological polar surface area (TPSA) is 110 Å². The molecule has 3 rings (SSSR count). The zero-order valence-corrected chi connectivity index (χ0v) is 14.2. The van der Waals surface area contributed by atoms with Gasteiger partial charge in [0.1, 0.15) is 17.4 Å². The molecule has 0 bridgehead atoms. The molecular formula is C19H20N2O5. The number of likely N-dealkylation sites (tertiary alicyclic amines) is 1. The summed E-state index contributed by atoms with van der Waals surface area (Å²) in [5.41, 5.74) is 5.33. The smallest absolute Gasteiger partial charge is 0.342 e. The van der Waals surface area contributed by atoms with Crippen LogP contribution >= 0.6 is 0 Å². The minimum absolute atomic E-state index is 0.0124. The molecule has 26 heavy (non-hydrogen) atoms. The van der Waals surface area contributed by atoms with Crippen molar-refractivity contribution in [2.24, 2.45) is 5.73 Å². The molecule has 7 nitrogen and oxygen atoms in total. The van der Waals surface area contributed by atoms with Crippen molar-refractivity contribution in [3.63, 3.8) is 0 Å². The number of hydrogen-bond donors (Lipinski definition) is 2. The maximum Gasteiger partial charge on any atom is 0.342 e. The van der Waals surface area contributed by atoms with E-state index in [4.69, 9.17) is 10.5 Å². The van der Waals surface area contributed by atoms with Gasteiger partial charge >= 0.3 is 5.97 Å². The van der Waals surface area contributed by atoms with Crippen molar-refractivity contribution in [3.8, 4) is 5.75 Å². The lowest BCUT2D eigenvalue weighted by Gasteiger charge is -2.33. The van der Waals surface area contributed by atoms with Gasteiger partial charge in [0.25, 0.3) is 5.91 Å². The highest BCUT2D eigenvalue weighted by molar-refractivity contribution is 6.01. The Morgan fingerprint density at radius 1 is 1.15 bits per heavy atom. The van der Waals surface area contributed by atoms with Gasteiger partial charge in [0.15, 0.2) is 6.61 Å². The van der Waals surface area contributed by atoms with E-state index in [1.807, 2.05) is 12.1 Å². The predicted octanol–water partition coefficient (Wildman–Crippen LogP) is 1.57. The lowest BCUT2D eigenvalue weighted by molar-refractivity contribution is -0.143. The molecule has 1 fully saturated rings. The summed E-state index contributed by atoms with van der Waals surface area (Å²) in [5.74, 6) is -2.01. The number of primary amides is 1. The van der Waals surface area contributed by atoms with Gasteiger partial charge in [-0.2, -0.15) is 0 Å². The number of amides is 2. The molecule has 0 spiro atoms. The highest BCUT2D eigenvalue weighted by Crippen LogP contribution is 2.29. The molecule has 1 heterocycles. The number of aromatic hydroxyl groups is 1. The Morgan fingerprint density at radius 3 is 2.69 bits per heavy atom. The van der Waals surface area contributed by atoms with Gasteiger partial charge in [-0.1, -0.05) is 30.3 Å². The average Bonchev–Trinajstić information content (AvgIpc) is 2.66. The molecule has 0 unspecified atom stereocenters. The normalized spacial score (nSPS) is 17.1. The van der Waals surface area contributed by atoms with Crippen molar-refractivity contribution in [1.82, 2.24) is 4.90 Å².